The van der Waals surface area contributed by atoms with E-state index in [4.69, 9.17) is 5.73 Å². The van der Waals surface area contributed by atoms with Crippen molar-refractivity contribution in [1.82, 2.24) is 0 Å². The van der Waals surface area contributed by atoms with Gasteiger partial charge in [0.1, 0.15) is 0 Å². The highest BCUT2D eigenvalue weighted by molar-refractivity contribution is 7.08. The van der Waals surface area contributed by atoms with Crippen LogP contribution in [-0.4, -0.2) is 0 Å². The van der Waals surface area contributed by atoms with Gasteiger partial charge in [0.2, 0.25) is 0 Å². The maximum atomic E-state index is 6.41. The van der Waals surface area contributed by atoms with Crippen molar-refractivity contribution in [2.45, 2.75) is 19.4 Å². The molecule has 1 heterocycles. The Morgan fingerprint density at radius 1 is 1.20 bits per heavy atom. The number of nitrogens with two attached hydrogens (primary N) is 1. The van der Waals surface area contributed by atoms with Crippen LogP contribution in [0, 0.1) is 6.92 Å². The van der Waals surface area contributed by atoms with Crippen LogP contribution in [-0.2, 0) is 5.54 Å². The Morgan fingerprint density at radius 2 is 1.93 bits per heavy atom. The number of hydrogen-bond acceptors (Lipinski definition) is 2. The van der Waals surface area contributed by atoms with Gasteiger partial charge < -0.3 is 5.73 Å². The van der Waals surface area contributed by atoms with E-state index >= 15 is 0 Å². The van der Waals surface area contributed by atoms with Crippen LogP contribution < -0.4 is 5.73 Å². The molecular formula is C13H15NS. The molecule has 2 N–H and O–H groups in total. The van der Waals surface area contributed by atoms with Crippen LogP contribution in [0.3, 0.4) is 0 Å². The molecule has 0 amide bonds. The average molecular weight is 217 g/mol. The second-order valence-electron chi connectivity index (χ2n) is 4.03. The topological polar surface area (TPSA) is 26.0 Å². The van der Waals surface area contributed by atoms with Gasteiger partial charge in [-0.2, -0.15) is 11.3 Å². The largest absolute Gasteiger partial charge is 0.318 e. The molecule has 2 rings (SSSR count). The predicted molar refractivity (Wildman–Crippen MR) is 66.1 cm³/mol. The minimum atomic E-state index is -0.384. The molecule has 1 aromatic carbocycles. The van der Waals surface area contributed by atoms with E-state index in [1.165, 1.54) is 16.7 Å². The molecule has 0 aliphatic heterocycles. The number of hydrogen-bond donors (Lipinski definition) is 1. The Hall–Kier alpha value is -1.12. The summed E-state index contributed by atoms with van der Waals surface area (Å²) in [7, 11) is 0. The monoisotopic (exact) mass is 217 g/mol. The lowest BCUT2D eigenvalue weighted by Gasteiger charge is -2.26. The van der Waals surface area contributed by atoms with Crippen LogP contribution >= 0.6 is 11.3 Å². The van der Waals surface area contributed by atoms with Gasteiger partial charge in [0.15, 0.2) is 0 Å². The molecule has 1 atom stereocenters. The van der Waals surface area contributed by atoms with Crippen LogP contribution in [0.25, 0.3) is 0 Å². The van der Waals surface area contributed by atoms with Crippen LogP contribution in [0.1, 0.15) is 23.6 Å². The van der Waals surface area contributed by atoms with Gasteiger partial charge in [0.05, 0.1) is 5.54 Å². The van der Waals surface area contributed by atoms with Gasteiger partial charge in [0.25, 0.3) is 0 Å². The molecule has 0 spiro atoms. The molecule has 0 aliphatic carbocycles. The lowest BCUT2D eigenvalue weighted by atomic mass is 9.85. The molecule has 1 aromatic heterocycles. The van der Waals surface area contributed by atoms with E-state index in [0.29, 0.717) is 0 Å². The first-order valence-corrected chi connectivity index (χ1v) is 5.94. The van der Waals surface area contributed by atoms with Crippen molar-refractivity contribution < 1.29 is 0 Å². The zero-order chi connectivity index (χ0) is 10.9. The van der Waals surface area contributed by atoms with Gasteiger partial charge in [0, 0.05) is 0 Å². The van der Waals surface area contributed by atoms with E-state index in [1.807, 2.05) is 12.1 Å². The third kappa shape index (κ3) is 1.83. The lowest BCUT2D eigenvalue weighted by Crippen LogP contribution is -2.34. The molecule has 2 aromatic rings. The molecule has 0 fully saturated rings. The molecule has 2 heteroatoms. The van der Waals surface area contributed by atoms with Crippen molar-refractivity contribution in [1.29, 1.82) is 0 Å². The minimum absolute atomic E-state index is 0.384. The number of aryl methyl sites for hydroxylation is 1. The van der Waals surface area contributed by atoms with Crippen molar-refractivity contribution in [3.05, 3.63) is 57.8 Å². The summed E-state index contributed by atoms with van der Waals surface area (Å²) < 4.78 is 0. The second kappa shape index (κ2) is 3.80. The second-order valence-corrected chi connectivity index (χ2v) is 4.81. The molecule has 1 nitrogen and oxygen atoms in total. The van der Waals surface area contributed by atoms with Crippen LogP contribution in [0.2, 0.25) is 0 Å². The van der Waals surface area contributed by atoms with Crippen LogP contribution in [0.4, 0.5) is 0 Å². The summed E-state index contributed by atoms with van der Waals surface area (Å²) in [6.45, 7) is 4.17. The maximum absolute atomic E-state index is 6.41. The van der Waals surface area contributed by atoms with Gasteiger partial charge in [-0.25, -0.2) is 0 Å². The highest BCUT2D eigenvalue weighted by Crippen LogP contribution is 2.29. The molecule has 78 valence electrons. The Balaban J connectivity index is 2.51. The molecule has 0 aliphatic rings. The SMILES string of the molecule is Cc1ccccc1C(C)(N)c1ccsc1. The van der Waals surface area contributed by atoms with Crippen molar-refractivity contribution in [3.63, 3.8) is 0 Å². The summed E-state index contributed by atoms with van der Waals surface area (Å²) in [6.07, 6.45) is 0. The average Bonchev–Trinajstić information content (AvgIpc) is 2.71. The Kier molecular flexibility index (Phi) is 2.63. The molecule has 0 bridgehead atoms. The van der Waals surface area contributed by atoms with Crippen LogP contribution in [0.5, 0.6) is 0 Å². The maximum Gasteiger partial charge on any atom is 0.0647 e. The standard InChI is InChI=1S/C13H15NS/c1-10-5-3-4-6-12(10)13(2,14)11-7-8-15-9-11/h3-9H,14H2,1-2H3. The van der Waals surface area contributed by atoms with E-state index in [0.717, 1.165) is 0 Å². The van der Waals surface area contributed by atoms with Gasteiger partial charge >= 0.3 is 0 Å². The van der Waals surface area contributed by atoms with Crippen molar-refractivity contribution in [2.24, 2.45) is 5.73 Å². The summed E-state index contributed by atoms with van der Waals surface area (Å²) in [6, 6.07) is 10.4. The smallest absolute Gasteiger partial charge is 0.0647 e. The third-order valence-corrected chi connectivity index (χ3v) is 3.51. The molecule has 1 unspecified atom stereocenters. The fourth-order valence-corrected chi connectivity index (χ4v) is 2.64. The van der Waals surface area contributed by atoms with Gasteiger partial charge in [-0.05, 0) is 47.4 Å². The van der Waals surface area contributed by atoms with Crippen molar-refractivity contribution >= 4 is 11.3 Å². The van der Waals surface area contributed by atoms with E-state index in [2.05, 4.69) is 42.8 Å². The Bertz CT molecular complexity index is 443. The Labute approximate surface area is 94.6 Å². The summed E-state index contributed by atoms with van der Waals surface area (Å²) in [5, 5.41) is 4.19. The van der Waals surface area contributed by atoms with E-state index < -0.39 is 0 Å². The van der Waals surface area contributed by atoms with Crippen LogP contribution in [0.15, 0.2) is 41.1 Å². The minimum Gasteiger partial charge on any atom is -0.318 e. The number of thiophene rings is 1. The lowest BCUT2D eigenvalue weighted by molar-refractivity contribution is 0.601. The predicted octanol–water partition coefficient (Wildman–Crippen LogP) is 3.28. The molecule has 0 saturated carbocycles. The fourth-order valence-electron chi connectivity index (χ4n) is 1.87. The summed E-state index contributed by atoms with van der Waals surface area (Å²) >= 11 is 1.69. The van der Waals surface area contributed by atoms with Crippen molar-refractivity contribution in [3.8, 4) is 0 Å². The summed E-state index contributed by atoms with van der Waals surface area (Å²) in [4.78, 5) is 0. The summed E-state index contributed by atoms with van der Waals surface area (Å²) in [5.41, 5.74) is 9.65. The number of benzene rings is 1. The van der Waals surface area contributed by atoms with Gasteiger partial charge in [-0.1, -0.05) is 24.3 Å². The molecule has 0 radical (unpaired) electrons. The number of rotatable bonds is 2. The van der Waals surface area contributed by atoms with E-state index in [1.54, 1.807) is 11.3 Å². The highest BCUT2D eigenvalue weighted by Gasteiger charge is 2.25. The fraction of sp³-hybridized carbons (Fsp3) is 0.231. The molecule has 15 heavy (non-hydrogen) atoms. The van der Waals surface area contributed by atoms with Crippen molar-refractivity contribution in [2.75, 3.05) is 0 Å². The van der Waals surface area contributed by atoms with E-state index in [9.17, 15) is 0 Å². The Morgan fingerprint density at radius 3 is 2.53 bits per heavy atom. The third-order valence-electron chi connectivity index (χ3n) is 2.83. The van der Waals surface area contributed by atoms with Gasteiger partial charge in [-0.15, -0.1) is 0 Å². The first kappa shape index (κ1) is 10.4. The quantitative estimate of drug-likeness (QED) is 0.820. The van der Waals surface area contributed by atoms with Gasteiger partial charge in [-0.3, -0.25) is 0 Å². The first-order valence-electron chi connectivity index (χ1n) is 5.00. The zero-order valence-electron chi connectivity index (χ0n) is 9.03. The first-order chi connectivity index (χ1) is 7.12. The zero-order valence-corrected chi connectivity index (χ0v) is 9.84. The summed E-state index contributed by atoms with van der Waals surface area (Å²) in [5.74, 6) is 0. The normalized spacial score (nSPS) is 14.9. The molecule has 0 saturated heterocycles. The van der Waals surface area contributed by atoms with E-state index in [-0.39, 0.29) is 5.54 Å². The highest BCUT2D eigenvalue weighted by atomic mass is 32.1. The molecular weight excluding hydrogens is 202 g/mol.